The van der Waals surface area contributed by atoms with Gasteiger partial charge in [-0.2, -0.15) is 5.10 Å². The van der Waals surface area contributed by atoms with Crippen molar-refractivity contribution in [2.24, 2.45) is 0 Å². The molecule has 3 rings (SSSR count). The number of nitrogens with one attached hydrogen (secondary N) is 1. The molecule has 0 fully saturated rings. The molecule has 0 bridgehead atoms. The Kier molecular flexibility index (Phi) is 9.18. The second-order valence-electron chi connectivity index (χ2n) is 12.2. The third-order valence-electron chi connectivity index (χ3n) is 6.64. The fraction of sp³-hybridized carbons (Fsp3) is 0.469. The number of anilines is 1. The molecule has 2 amide bonds. The van der Waals surface area contributed by atoms with Crippen LogP contribution in [0.2, 0.25) is 0 Å². The summed E-state index contributed by atoms with van der Waals surface area (Å²) in [5.41, 5.74) is 4.46. The van der Waals surface area contributed by atoms with Gasteiger partial charge in [0.1, 0.15) is 12.4 Å². The molecule has 0 aliphatic heterocycles. The third-order valence-corrected chi connectivity index (χ3v) is 6.64. The van der Waals surface area contributed by atoms with Crippen molar-refractivity contribution in [2.45, 2.75) is 85.5 Å². The Labute approximate surface area is 228 Å². The van der Waals surface area contributed by atoms with Crippen molar-refractivity contribution in [2.75, 3.05) is 18.4 Å². The van der Waals surface area contributed by atoms with Crippen LogP contribution in [0.3, 0.4) is 0 Å². The van der Waals surface area contributed by atoms with E-state index in [1.165, 1.54) is 5.56 Å². The number of amides is 2. The highest BCUT2D eigenvalue weighted by Gasteiger charge is 2.24. The van der Waals surface area contributed by atoms with Gasteiger partial charge in [-0.3, -0.25) is 9.59 Å². The maximum atomic E-state index is 13.5. The van der Waals surface area contributed by atoms with E-state index in [2.05, 4.69) is 53.8 Å². The average molecular weight is 517 g/mol. The summed E-state index contributed by atoms with van der Waals surface area (Å²) in [7, 11) is 0. The van der Waals surface area contributed by atoms with E-state index in [1.807, 2.05) is 61.5 Å². The summed E-state index contributed by atoms with van der Waals surface area (Å²) in [6.07, 6.45) is 2.90. The molecule has 0 radical (unpaired) electrons. The Hall–Kier alpha value is -3.41. The van der Waals surface area contributed by atoms with Crippen LogP contribution in [0.4, 0.5) is 5.82 Å². The van der Waals surface area contributed by atoms with Gasteiger partial charge in [-0.05, 0) is 54.2 Å². The number of hydrogen-bond donors (Lipinski definition) is 1. The third kappa shape index (κ3) is 7.56. The lowest BCUT2D eigenvalue weighted by atomic mass is 9.86. The molecule has 0 aliphatic carbocycles. The van der Waals surface area contributed by atoms with E-state index in [1.54, 1.807) is 9.58 Å². The van der Waals surface area contributed by atoms with Crippen LogP contribution in [0.15, 0.2) is 54.6 Å². The van der Waals surface area contributed by atoms with Crippen LogP contribution < -0.4 is 5.32 Å². The first kappa shape index (κ1) is 29.2. The standard InChI is InChI=1S/C32H44N4O2/c1-9-10-11-19-35(30(38)24-15-17-25(18-16-24)31(3,4)5)22-29(37)33-28-21-27(32(6,7)8)34-36(28)26-14-12-13-23(2)20-26/h12-18,20-21H,9-11,19,22H2,1-8H3,(H,33,37). The van der Waals surface area contributed by atoms with Gasteiger partial charge in [-0.15, -0.1) is 0 Å². The zero-order chi connectivity index (χ0) is 28.1. The molecule has 3 aromatic rings. The monoisotopic (exact) mass is 516 g/mol. The molecule has 0 atom stereocenters. The summed E-state index contributed by atoms with van der Waals surface area (Å²) in [5.74, 6) is 0.232. The lowest BCUT2D eigenvalue weighted by molar-refractivity contribution is -0.117. The largest absolute Gasteiger partial charge is 0.329 e. The summed E-state index contributed by atoms with van der Waals surface area (Å²) >= 11 is 0. The van der Waals surface area contributed by atoms with Crippen molar-refractivity contribution in [3.8, 4) is 5.69 Å². The fourth-order valence-electron chi connectivity index (χ4n) is 4.25. The number of hydrogen-bond acceptors (Lipinski definition) is 3. The fourth-order valence-corrected chi connectivity index (χ4v) is 4.25. The van der Waals surface area contributed by atoms with Crippen LogP contribution in [-0.2, 0) is 15.6 Å². The summed E-state index contributed by atoms with van der Waals surface area (Å²) in [6.45, 7) is 17.4. The first-order valence-corrected chi connectivity index (χ1v) is 13.7. The predicted molar refractivity (Wildman–Crippen MR) is 156 cm³/mol. The van der Waals surface area contributed by atoms with E-state index in [-0.39, 0.29) is 29.2 Å². The first-order chi connectivity index (χ1) is 17.8. The number of unbranched alkanes of at least 4 members (excludes halogenated alkanes) is 2. The molecule has 6 nitrogen and oxygen atoms in total. The Morgan fingerprint density at radius 3 is 2.18 bits per heavy atom. The molecule has 38 heavy (non-hydrogen) atoms. The smallest absolute Gasteiger partial charge is 0.254 e. The van der Waals surface area contributed by atoms with E-state index in [4.69, 9.17) is 5.10 Å². The predicted octanol–water partition coefficient (Wildman–Crippen LogP) is 7.05. The molecular formula is C32H44N4O2. The van der Waals surface area contributed by atoms with Gasteiger partial charge in [0.2, 0.25) is 5.91 Å². The molecule has 0 saturated carbocycles. The number of rotatable bonds is 9. The molecule has 0 spiro atoms. The Morgan fingerprint density at radius 1 is 0.921 bits per heavy atom. The van der Waals surface area contributed by atoms with E-state index < -0.39 is 0 Å². The SMILES string of the molecule is CCCCCN(CC(=O)Nc1cc(C(C)(C)C)nn1-c1cccc(C)c1)C(=O)c1ccc(C(C)(C)C)cc1. The number of benzene rings is 2. The Bertz CT molecular complexity index is 1240. The maximum absolute atomic E-state index is 13.5. The van der Waals surface area contributed by atoms with Gasteiger partial charge < -0.3 is 10.2 Å². The van der Waals surface area contributed by atoms with Gasteiger partial charge in [0.05, 0.1) is 11.4 Å². The summed E-state index contributed by atoms with van der Waals surface area (Å²) in [4.78, 5) is 28.5. The van der Waals surface area contributed by atoms with E-state index in [9.17, 15) is 9.59 Å². The molecule has 1 N–H and O–H groups in total. The van der Waals surface area contributed by atoms with Crippen LogP contribution in [-0.4, -0.2) is 39.6 Å². The van der Waals surface area contributed by atoms with Crippen LogP contribution in [0.1, 0.15) is 94.9 Å². The highest BCUT2D eigenvalue weighted by atomic mass is 16.2. The van der Waals surface area contributed by atoms with Crippen molar-refractivity contribution in [3.05, 3.63) is 77.0 Å². The molecule has 2 aromatic carbocycles. The molecule has 6 heteroatoms. The zero-order valence-corrected chi connectivity index (χ0v) is 24.4. The summed E-state index contributed by atoms with van der Waals surface area (Å²) < 4.78 is 1.78. The number of aromatic nitrogens is 2. The average Bonchev–Trinajstić information content (AvgIpc) is 3.27. The number of carbonyl (C=O) groups excluding carboxylic acids is 2. The molecule has 0 saturated heterocycles. The highest BCUT2D eigenvalue weighted by Crippen LogP contribution is 2.27. The van der Waals surface area contributed by atoms with Crippen molar-refractivity contribution < 1.29 is 9.59 Å². The number of aryl methyl sites for hydroxylation is 1. The molecule has 204 valence electrons. The van der Waals surface area contributed by atoms with Crippen LogP contribution in [0, 0.1) is 6.92 Å². The van der Waals surface area contributed by atoms with Gasteiger partial charge >= 0.3 is 0 Å². The van der Waals surface area contributed by atoms with Gasteiger partial charge in [-0.25, -0.2) is 4.68 Å². The van der Waals surface area contributed by atoms with Crippen molar-refractivity contribution in [1.82, 2.24) is 14.7 Å². The van der Waals surface area contributed by atoms with Gasteiger partial charge in [0, 0.05) is 23.6 Å². The second-order valence-corrected chi connectivity index (χ2v) is 12.2. The van der Waals surface area contributed by atoms with E-state index >= 15 is 0 Å². The lowest BCUT2D eigenvalue weighted by Gasteiger charge is -2.23. The summed E-state index contributed by atoms with van der Waals surface area (Å²) in [5, 5.41) is 7.86. The number of nitrogens with zero attached hydrogens (tertiary/aromatic N) is 3. The molecule has 1 heterocycles. The Balaban J connectivity index is 1.85. The van der Waals surface area contributed by atoms with Crippen molar-refractivity contribution in [3.63, 3.8) is 0 Å². The van der Waals surface area contributed by atoms with E-state index in [0.717, 1.165) is 36.2 Å². The zero-order valence-electron chi connectivity index (χ0n) is 24.4. The van der Waals surface area contributed by atoms with Gasteiger partial charge in [0.25, 0.3) is 5.91 Å². The van der Waals surface area contributed by atoms with Gasteiger partial charge in [-0.1, -0.05) is 85.6 Å². The lowest BCUT2D eigenvalue weighted by Crippen LogP contribution is -2.39. The minimum Gasteiger partial charge on any atom is -0.329 e. The van der Waals surface area contributed by atoms with Crippen molar-refractivity contribution >= 4 is 17.6 Å². The minimum atomic E-state index is -0.240. The molecule has 0 aliphatic rings. The number of carbonyl (C=O) groups is 2. The normalized spacial score (nSPS) is 11.9. The van der Waals surface area contributed by atoms with Crippen LogP contribution in [0.5, 0.6) is 0 Å². The first-order valence-electron chi connectivity index (χ1n) is 13.7. The van der Waals surface area contributed by atoms with Crippen LogP contribution in [0.25, 0.3) is 5.69 Å². The topological polar surface area (TPSA) is 67.2 Å². The molecule has 0 unspecified atom stereocenters. The van der Waals surface area contributed by atoms with E-state index in [0.29, 0.717) is 17.9 Å². The molecule has 1 aromatic heterocycles. The molecular weight excluding hydrogens is 472 g/mol. The minimum absolute atomic E-state index is 0.00836. The maximum Gasteiger partial charge on any atom is 0.254 e. The highest BCUT2D eigenvalue weighted by molar-refractivity contribution is 5.99. The summed E-state index contributed by atoms with van der Waals surface area (Å²) in [6, 6.07) is 17.7. The quantitative estimate of drug-likeness (QED) is 0.310. The Morgan fingerprint density at radius 2 is 1.61 bits per heavy atom. The second kappa shape index (κ2) is 12.0. The van der Waals surface area contributed by atoms with Crippen molar-refractivity contribution in [1.29, 1.82) is 0 Å². The van der Waals surface area contributed by atoms with Crippen LogP contribution >= 0.6 is 0 Å². The van der Waals surface area contributed by atoms with Gasteiger partial charge in [0.15, 0.2) is 0 Å².